The molecule has 160 valence electrons. The van der Waals surface area contributed by atoms with E-state index in [4.69, 9.17) is 4.74 Å². The normalized spacial score (nSPS) is 11.4. The lowest BCUT2D eigenvalue weighted by Crippen LogP contribution is -2.33. The fourth-order valence-corrected chi connectivity index (χ4v) is 3.32. The van der Waals surface area contributed by atoms with Crippen LogP contribution in [0, 0.1) is 0 Å². The van der Waals surface area contributed by atoms with Gasteiger partial charge in [-0.2, -0.15) is 0 Å². The summed E-state index contributed by atoms with van der Waals surface area (Å²) in [6.07, 6.45) is 0.516. The Balaban J connectivity index is 1.57. The molecule has 0 saturated heterocycles. The van der Waals surface area contributed by atoms with E-state index < -0.39 is 0 Å². The number of hydrogen-bond donors (Lipinski definition) is 2. The summed E-state index contributed by atoms with van der Waals surface area (Å²) < 4.78 is 5.52. The summed E-state index contributed by atoms with van der Waals surface area (Å²) in [5, 5.41) is 5.91. The third kappa shape index (κ3) is 7.00. The van der Waals surface area contributed by atoms with Crippen LogP contribution in [0.2, 0.25) is 0 Å². The summed E-state index contributed by atoms with van der Waals surface area (Å²) in [4.78, 5) is 24.7. The van der Waals surface area contributed by atoms with Crippen molar-refractivity contribution < 1.29 is 14.3 Å². The molecule has 0 aliphatic rings. The van der Waals surface area contributed by atoms with E-state index in [1.165, 1.54) is 0 Å². The summed E-state index contributed by atoms with van der Waals surface area (Å²) in [6, 6.07) is 26.8. The van der Waals surface area contributed by atoms with Crippen LogP contribution in [0.25, 0.3) is 0 Å². The van der Waals surface area contributed by atoms with Crippen molar-refractivity contribution >= 4 is 11.8 Å². The van der Waals surface area contributed by atoms with Gasteiger partial charge in [-0.1, -0.05) is 72.8 Å². The smallest absolute Gasteiger partial charge is 0.224 e. The van der Waals surface area contributed by atoms with E-state index in [0.29, 0.717) is 19.6 Å². The van der Waals surface area contributed by atoms with Gasteiger partial charge in [0, 0.05) is 13.0 Å². The molecule has 31 heavy (non-hydrogen) atoms. The summed E-state index contributed by atoms with van der Waals surface area (Å²) in [5.41, 5.74) is 2.91. The topological polar surface area (TPSA) is 67.4 Å². The van der Waals surface area contributed by atoms with Crippen LogP contribution < -0.4 is 15.4 Å². The molecule has 5 heteroatoms. The number of nitrogens with one attached hydrogen (secondary N) is 2. The highest BCUT2D eigenvalue weighted by molar-refractivity contribution is 5.80. The van der Waals surface area contributed by atoms with Gasteiger partial charge in [0.1, 0.15) is 5.75 Å². The van der Waals surface area contributed by atoms with Crippen molar-refractivity contribution in [1.29, 1.82) is 0 Å². The third-order valence-corrected chi connectivity index (χ3v) is 4.84. The van der Waals surface area contributed by atoms with E-state index in [1.54, 1.807) is 0 Å². The van der Waals surface area contributed by atoms with Gasteiger partial charge in [0.2, 0.25) is 11.8 Å². The molecule has 0 radical (unpaired) electrons. The van der Waals surface area contributed by atoms with E-state index in [2.05, 4.69) is 10.6 Å². The van der Waals surface area contributed by atoms with Crippen LogP contribution in [-0.4, -0.2) is 25.0 Å². The van der Waals surface area contributed by atoms with Crippen LogP contribution in [0.1, 0.15) is 36.1 Å². The number of ether oxygens (including phenoxy) is 1. The van der Waals surface area contributed by atoms with Crippen LogP contribution in [0.3, 0.4) is 0 Å². The van der Waals surface area contributed by atoms with Gasteiger partial charge in [0.25, 0.3) is 0 Å². The lowest BCUT2D eigenvalue weighted by molar-refractivity contribution is -0.122. The first-order chi connectivity index (χ1) is 15.2. The van der Waals surface area contributed by atoms with E-state index in [9.17, 15) is 9.59 Å². The molecule has 0 heterocycles. The van der Waals surface area contributed by atoms with Crippen molar-refractivity contribution in [2.45, 2.75) is 25.8 Å². The average molecular weight is 417 g/mol. The summed E-state index contributed by atoms with van der Waals surface area (Å²) in [6.45, 7) is 2.84. The Hall–Kier alpha value is -3.60. The maximum Gasteiger partial charge on any atom is 0.224 e. The molecule has 0 aromatic heterocycles. The zero-order chi connectivity index (χ0) is 21.9. The molecule has 1 atom stereocenters. The average Bonchev–Trinajstić information content (AvgIpc) is 2.79. The first kappa shape index (κ1) is 22.1. The predicted octanol–water partition coefficient (Wildman–Crippen LogP) is 4.04. The monoisotopic (exact) mass is 416 g/mol. The first-order valence-electron chi connectivity index (χ1n) is 10.5. The van der Waals surface area contributed by atoms with Crippen molar-refractivity contribution in [2.75, 3.05) is 13.2 Å². The number of benzene rings is 3. The molecule has 2 amide bonds. The van der Waals surface area contributed by atoms with Crippen LogP contribution in [0.5, 0.6) is 5.75 Å². The second-order valence-electron chi connectivity index (χ2n) is 7.18. The number of hydrogen-bond acceptors (Lipinski definition) is 3. The van der Waals surface area contributed by atoms with Gasteiger partial charge >= 0.3 is 0 Å². The quantitative estimate of drug-likeness (QED) is 0.524. The maximum absolute atomic E-state index is 12.6. The molecule has 0 fully saturated rings. The highest BCUT2D eigenvalue weighted by Gasteiger charge is 2.17. The largest absolute Gasteiger partial charge is 0.494 e. The molecule has 3 rings (SSSR count). The Bertz CT molecular complexity index is 957. The van der Waals surface area contributed by atoms with E-state index >= 15 is 0 Å². The zero-order valence-electron chi connectivity index (χ0n) is 17.7. The second-order valence-corrected chi connectivity index (χ2v) is 7.18. The summed E-state index contributed by atoms with van der Waals surface area (Å²) in [7, 11) is 0. The minimum Gasteiger partial charge on any atom is -0.494 e. The van der Waals surface area contributed by atoms with Crippen molar-refractivity contribution in [3.8, 4) is 5.75 Å². The zero-order valence-corrected chi connectivity index (χ0v) is 17.7. The molecule has 0 spiro atoms. The number of rotatable bonds is 10. The molecule has 0 saturated carbocycles. The molecule has 0 unspecified atom stereocenters. The van der Waals surface area contributed by atoms with Gasteiger partial charge in [-0.3, -0.25) is 9.59 Å². The standard InChI is InChI=1S/C26H28N2O3/c1-2-31-23-15-13-22(14-16-23)26(21-11-7-4-8-12-21)28-24(29)17-18-27-25(30)19-20-9-5-3-6-10-20/h3-16,26H,2,17-19H2,1H3,(H,27,30)(H,28,29)/t26-/m1/s1. The van der Waals surface area contributed by atoms with Crippen molar-refractivity contribution in [3.63, 3.8) is 0 Å². The number of amides is 2. The lowest BCUT2D eigenvalue weighted by atomic mass is 9.98. The fraction of sp³-hybridized carbons (Fsp3) is 0.231. The van der Waals surface area contributed by atoms with Gasteiger partial charge in [-0.15, -0.1) is 0 Å². The van der Waals surface area contributed by atoms with Gasteiger partial charge in [0.15, 0.2) is 0 Å². The van der Waals surface area contributed by atoms with E-state index in [1.807, 2.05) is 91.9 Å². The molecule has 0 bridgehead atoms. The number of carbonyl (C=O) groups is 2. The molecule has 5 nitrogen and oxygen atoms in total. The SMILES string of the molecule is CCOc1ccc([C@H](NC(=O)CCNC(=O)Cc2ccccc2)c2ccccc2)cc1. The van der Waals surface area contributed by atoms with Crippen LogP contribution in [-0.2, 0) is 16.0 Å². The fourth-order valence-electron chi connectivity index (χ4n) is 3.32. The molecule has 0 aliphatic heterocycles. The molecule has 0 aliphatic carbocycles. The Morgan fingerprint density at radius 3 is 2.06 bits per heavy atom. The van der Waals surface area contributed by atoms with Crippen molar-refractivity contribution in [1.82, 2.24) is 10.6 Å². The van der Waals surface area contributed by atoms with Gasteiger partial charge in [0.05, 0.1) is 19.1 Å². The van der Waals surface area contributed by atoms with E-state index in [0.717, 1.165) is 22.4 Å². The Morgan fingerprint density at radius 1 is 0.806 bits per heavy atom. The van der Waals surface area contributed by atoms with Crippen LogP contribution in [0.15, 0.2) is 84.9 Å². The minimum absolute atomic E-state index is 0.0925. The third-order valence-electron chi connectivity index (χ3n) is 4.84. The molecular weight excluding hydrogens is 388 g/mol. The maximum atomic E-state index is 12.6. The predicted molar refractivity (Wildman–Crippen MR) is 122 cm³/mol. The molecule has 2 N–H and O–H groups in total. The highest BCUT2D eigenvalue weighted by Crippen LogP contribution is 2.24. The van der Waals surface area contributed by atoms with Crippen LogP contribution in [0.4, 0.5) is 0 Å². The van der Waals surface area contributed by atoms with Gasteiger partial charge in [-0.25, -0.2) is 0 Å². The highest BCUT2D eigenvalue weighted by atomic mass is 16.5. The number of carbonyl (C=O) groups excluding carboxylic acids is 2. The Kier molecular flexibility index (Phi) is 8.23. The van der Waals surface area contributed by atoms with Crippen molar-refractivity contribution in [3.05, 3.63) is 102 Å². The van der Waals surface area contributed by atoms with Crippen molar-refractivity contribution in [2.24, 2.45) is 0 Å². The molecule has 3 aromatic rings. The minimum atomic E-state index is -0.274. The van der Waals surface area contributed by atoms with Gasteiger partial charge < -0.3 is 15.4 Å². The summed E-state index contributed by atoms with van der Waals surface area (Å²) >= 11 is 0. The Morgan fingerprint density at radius 2 is 1.42 bits per heavy atom. The second kappa shape index (κ2) is 11.6. The lowest BCUT2D eigenvalue weighted by Gasteiger charge is -2.20. The van der Waals surface area contributed by atoms with Gasteiger partial charge in [-0.05, 0) is 35.7 Å². The molecular formula is C26H28N2O3. The molecule has 3 aromatic carbocycles. The summed E-state index contributed by atoms with van der Waals surface area (Å²) in [5.74, 6) is 0.582. The Labute approximate surface area is 183 Å². The van der Waals surface area contributed by atoms with E-state index in [-0.39, 0.29) is 24.3 Å². The first-order valence-corrected chi connectivity index (χ1v) is 10.5. The van der Waals surface area contributed by atoms with Crippen LogP contribution >= 0.6 is 0 Å².